The highest BCUT2D eigenvalue weighted by atomic mass is 32.2. The highest BCUT2D eigenvalue weighted by Crippen LogP contribution is 2.28. The lowest BCUT2D eigenvalue weighted by Gasteiger charge is -2.22. The van der Waals surface area contributed by atoms with Gasteiger partial charge in [0, 0.05) is 5.69 Å². The normalized spacial score (nSPS) is 18.2. The van der Waals surface area contributed by atoms with Crippen LogP contribution in [0.15, 0.2) is 59.8 Å². The van der Waals surface area contributed by atoms with Crippen molar-refractivity contribution in [2.45, 2.75) is 17.6 Å². The van der Waals surface area contributed by atoms with E-state index in [1.54, 1.807) is 60.1 Å². The lowest BCUT2D eigenvalue weighted by molar-refractivity contribution is -0.133. The molecular weight excluding hydrogens is 418 g/mol. The van der Waals surface area contributed by atoms with Crippen molar-refractivity contribution in [1.82, 2.24) is 30.4 Å². The van der Waals surface area contributed by atoms with E-state index in [1.807, 2.05) is 12.3 Å². The summed E-state index contributed by atoms with van der Waals surface area (Å²) < 4.78 is 1.54. The second-order valence-corrected chi connectivity index (χ2v) is 7.76. The molecule has 0 saturated carbocycles. The Hall–Kier alpha value is -3.73. The van der Waals surface area contributed by atoms with E-state index in [1.165, 1.54) is 11.8 Å². The number of rotatable bonds is 6. The zero-order chi connectivity index (χ0) is 22.0. The summed E-state index contributed by atoms with van der Waals surface area (Å²) >= 11 is 1.39. The first-order chi connectivity index (χ1) is 14.9. The maximum Gasteiger partial charge on any atom is 0.325 e. The van der Waals surface area contributed by atoms with Crippen molar-refractivity contribution in [2.75, 3.05) is 18.1 Å². The van der Waals surface area contributed by atoms with E-state index >= 15 is 0 Å². The monoisotopic (exact) mass is 437 g/mol. The number of aromatic nitrogens is 4. The molecule has 10 nitrogen and oxygen atoms in total. The summed E-state index contributed by atoms with van der Waals surface area (Å²) in [6, 6.07) is 15.3. The van der Waals surface area contributed by atoms with Gasteiger partial charge in [-0.3, -0.25) is 14.5 Å². The van der Waals surface area contributed by atoms with Gasteiger partial charge in [0.1, 0.15) is 12.1 Å². The molecule has 158 valence electrons. The number of amides is 4. The van der Waals surface area contributed by atoms with Crippen LogP contribution in [0.2, 0.25) is 0 Å². The number of anilines is 1. The van der Waals surface area contributed by atoms with E-state index in [9.17, 15) is 14.4 Å². The summed E-state index contributed by atoms with van der Waals surface area (Å²) in [6.07, 6.45) is 1.86. The van der Waals surface area contributed by atoms with Gasteiger partial charge in [-0.1, -0.05) is 48.2 Å². The van der Waals surface area contributed by atoms with Crippen LogP contribution < -0.4 is 10.6 Å². The fraction of sp³-hybridized carbons (Fsp3) is 0.200. The number of hydrogen-bond acceptors (Lipinski definition) is 7. The third kappa shape index (κ3) is 3.87. The number of hydrogen-bond donors (Lipinski definition) is 2. The summed E-state index contributed by atoms with van der Waals surface area (Å²) in [4.78, 5) is 38.9. The van der Waals surface area contributed by atoms with Gasteiger partial charge in [-0.15, -0.1) is 5.10 Å². The average molecular weight is 437 g/mol. The minimum absolute atomic E-state index is 0.405. The van der Waals surface area contributed by atoms with Crippen molar-refractivity contribution in [3.8, 4) is 5.69 Å². The van der Waals surface area contributed by atoms with Crippen LogP contribution in [0.5, 0.6) is 0 Å². The molecule has 1 aliphatic heterocycles. The van der Waals surface area contributed by atoms with Crippen molar-refractivity contribution in [2.24, 2.45) is 0 Å². The predicted molar refractivity (Wildman–Crippen MR) is 114 cm³/mol. The first-order valence-corrected chi connectivity index (χ1v) is 10.6. The number of nitrogens with one attached hydrogen (secondary N) is 2. The molecule has 2 N–H and O–H groups in total. The summed E-state index contributed by atoms with van der Waals surface area (Å²) in [7, 11) is 0. The van der Waals surface area contributed by atoms with E-state index < -0.39 is 29.9 Å². The Kier molecular flexibility index (Phi) is 5.42. The standard InChI is InChI=1S/C20H19N7O3S/c1-20(13-7-4-3-5-8-13)17(29)26(18(30)22-20)12-16(28)21-14-9-6-10-15(11-14)27-19(31-2)23-24-25-27/h3-11H,12H2,1-2H3,(H,21,28)(H,22,30). The molecule has 4 amide bonds. The first-order valence-electron chi connectivity index (χ1n) is 9.34. The van der Waals surface area contributed by atoms with Crippen molar-refractivity contribution >= 4 is 35.3 Å². The molecule has 1 aliphatic rings. The fourth-order valence-electron chi connectivity index (χ4n) is 3.34. The van der Waals surface area contributed by atoms with Gasteiger partial charge in [-0.25, -0.2) is 4.79 Å². The molecule has 3 aromatic rings. The van der Waals surface area contributed by atoms with Crippen LogP contribution in [0, 0.1) is 0 Å². The quantitative estimate of drug-likeness (QED) is 0.445. The molecule has 0 radical (unpaired) electrons. The Morgan fingerprint density at radius 3 is 2.68 bits per heavy atom. The molecule has 1 saturated heterocycles. The zero-order valence-corrected chi connectivity index (χ0v) is 17.6. The van der Waals surface area contributed by atoms with E-state index in [-0.39, 0.29) is 0 Å². The fourth-order valence-corrected chi connectivity index (χ4v) is 3.77. The maximum atomic E-state index is 12.9. The van der Waals surface area contributed by atoms with Gasteiger partial charge >= 0.3 is 6.03 Å². The minimum atomic E-state index is -1.22. The van der Waals surface area contributed by atoms with Crippen molar-refractivity contribution in [1.29, 1.82) is 0 Å². The van der Waals surface area contributed by atoms with Crippen LogP contribution in [-0.2, 0) is 15.1 Å². The zero-order valence-electron chi connectivity index (χ0n) is 16.8. The van der Waals surface area contributed by atoms with Gasteiger partial charge in [0.25, 0.3) is 5.91 Å². The van der Waals surface area contributed by atoms with E-state index in [0.29, 0.717) is 22.1 Å². The van der Waals surface area contributed by atoms with E-state index in [0.717, 1.165) is 4.90 Å². The number of carbonyl (C=O) groups excluding carboxylic acids is 3. The van der Waals surface area contributed by atoms with Crippen LogP contribution >= 0.6 is 11.8 Å². The number of benzene rings is 2. The number of thioether (sulfide) groups is 1. The third-order valence-corrected chi connectivity index (χ3v) is 5.55. The van der Waals surface area contributed by atoms with Gasteiger partial charge in [0.05, 0.1) is 5.69 Å². The summed E-state index contributed by atoms with van der Waals surface area (Å²) in [5.41, 5.74) is 0.587. The predicted octanol–water partition coefficient (Wildman–Crippen LogP) is 1.79. The molecule has 0 spiro atoms. The molecule has 1 aromatic heterocycles. The molecular formula is C20H19N7O3S. The number of nitrogens with zero attached hydrogens (tertiary/aromatic N) is 5. The molecule has 4 rings (SSSR count). The summed E-state index contributed by atoms with van der Waals surface area (Å²) in [5, 5.41) is 17.5. The Bertz CT molecular complexity index is 1150. The van der Waals surface area contributed by atoms with Crippen molar-refractivity contribution in [3.05, 3.63) is 60.2 Å². The SMILES string of the molecule is CSc1nnnn1-c1cccc(NC(=O)CN2C(=O)NC(C)(c3ccccc3)C2=O)c1. The second-order valence-electron chi connectivity index (χ2n) is 6.99. The number of imide groups is 1. The van der Waals surface area contributed by atoms with Gasteiger partial charge < -0.3 is 10.6 Å². The van der Waals surface area contributed by atoms with E-state index in [2.05, 4.69) is 26.2 Å². The second kappa shape index (κ2) is 8.19. The lowest BCUT2D eigenvalue weighted by atomic mass is 9.92. The van der Waals surface area contributed by atoms with Crippen LogP contribution in [0.1, 0.15) is 12.5 Å². The molecule has 1 unspecified atom stereocenters. The maximum absolute atomic E-state index is 12.9. The third-order valence-electron chi connectivity index (χ3n) is 4.93. The number of urea groups is 1. The number of carbonyl (C=O) groups is 3. The van der Waals surface area contributed by atoms with Gasteiger partial charge in [-0.05, 0) is 47.4 Å². The van der Waals surface area contributed by atoms with Crippen LogP contribution in [0.3, 0.4) is 0 Å². The molecule has 1 atom stereocenters. The average Bonchev–Trinajstić information content (AvgIpc) is 3.34. The van der Waals surface area contributed by atoms with E-state index in [4.69, 9.17) is 0 Å². The molecule has 0 aliphatic carbocycles. The highest BCUT2D eigenvalue weighted by molar-refractivity contribution is 7.98. The Labute approximate surface area is 182 Å². The molecule has 31 heavy (non-hydrogen) atoms. The largest absolute Gasteiger partial charge is 0.325 e. The summed E-state index contributed by atoms with van der Waals surface area (Å²) in [5.74, 6) is -0.981. The Balaban J connectivity index is 1.48. The molecule has 2 heterocycles. The molecule has 0 bridgehead atoms. The van der Waals surface area contributed by atoms with Crippen molar-refractivity contribution in [3.63, 3.8) is 0 Å². The number of tetrazole rings is 1. The smallest absolute Gasteiger partial charge is 0.324 e. The van der Waals surface area contributed by atoms with Gasteiger partial charge in [-0.2, -0.15) is 4.68 Å². The minimum Gasteiger partial charge on any atom is -0.324 e. The van der Waals surface area contributed by atoms with Crippen molar-refractivity contribution < 1.29 is 14.4 Å². The molecule has 1 fully saturated rings. The topological polar surface area (TPSA) is 122 Å². The van der Waals surface area contributed by atoms with Crippen LogP contribution in [0.25, 0.3) is 5.69 Å². The molecule has 11 heteroatoms. The van der Waals surface area contributed by atoms with Gasteiger partial charge in [0.15, 0.2) is 0 Å². The molecule has 2 aromatic carbocycles. The van der Waals surface area contributed by atoms with Crippen LogP contribution in [-0.4, -0.2) is 55.8 Å². The lowest BCUT2D eigenvalue weighted by Crippen LogP contribution is -2.42. The van der Waals surface area contributed by atoms with Gasteiger partial charge in [0.2, 0.25) is 11.1 Å². The first kappa shape index (κ1) is 20.5. The Morgan fingerprint density at radius 1 is 1.16 bits per heavy atom. The highest BCUT2D eigenvalue weighted by Gasteiger charge is 2.49. The Morgan fingerprint density at radius 2 is 1.94 bits per heavy atom. The summed E-state index contributed by atoms with van der Waals surface area (Å²) in [6.45, 7) is 1.22. The van der Waals surface area contributed by atoms with Crippen LogP contribution in [0.4, 0.5) is 10.5 Å².